The van der Waals surface area contributed by atoms with Gasteiger partial charge in [0, 0.05) is 31.8 Å². The van der Waals surface area contributed by atoms with Gasteiger partial charge >= 0.3 is 5.97 Å². The van der Waals surface area contributed by atoms with E-state index in [0.29, 0.717) is 31.1 Å². The Morgan fingerprint density at radius 3 is 2.39 bits per heavy atom. The van der Waals surface area contributed by atoms with Crippen LogP contribution in [0.2, 0.25) is 0 Å². The summed E-state index contributed by atoms with van der Waals surface area (Å²) >= 11 is 0. The molecule has 8 aliphatic rings. The molecule has 2 heterocycles. The lowest BCUT2D eigenvalue weighted by Gasteiger charge is -2.58. The number of amides is 4. The highest BCUT2D eigenvalue weighted by Crippen LogP contribution is 2.67. The van der Waals surface area contributed by atoms with Gasteiger partial charge in [0.05, 0.1) is 17.8 Å². The van der Waals surface area contributed by atoms with Crippen LogP contribution in [0.3, 0.4) is 0 Å². The maximum Gasteiger partial charge on any atom is 0.309 e. The monoisotopic (exact) mass is 745 g/mol. The predicted octanol–water partition coefficient (Wildman–Crippen LogP) is 8.37. The number of fused-ring (bicyclic) bond motifs is 8. The van der Waals surface area contributed by atoms with Crippen LogP contribution >= 0.6 is 0 Å². The summed E-state index contributed by atoms with van der Waals surface area (Å²) in [6, 6.07) is -0.351. The Morgan fingerprint density at radius 1 is 0.852 bits per heavy atom. The second-order valence-corrected chi connectivity index (χ2v) is 20.9. The minimum atomic E-state index is -0.609. The zero-order valence-corrected chi connectivity index (χ0v) is 34.3. The van der Waals surface area contributed by atoms with Crippen molar-refractivity contribution in [2.24, 2.45) is 81.8 Å². The molecule has 8 rings (SSSR count). The average molecular weight is 745 g/mol. The number of carbonyl (C=O) groups excluding carboxylic acids is 5. The van der Waals surface area contributed by atoms with Gasteiger partial charge in [-0.2, -0.15) is 0 Å². The number of allylic oxidation sites excluding steroid dienone is 1. The number of rotatable bonds is 8. The van der Waals surface area contributed by atoms with E-state index >= 15 is 0 Å². The van der Waals surface area contributed by atoms with Gasteiger partial charge in [0.1, 0.15) is 6.10 Å². The third kappa shape index (κ3) is 6.16. The van der Waals surface area contributed by atoms with Gasteiger partial charge in [-0.15, -0.1) is 0 Å². The van der Waals surface area contributed by atoms with Crippen LogP contribution in [0.4, 0.5) is 0 Å². The largest absolute Gasteiger partial charge is 0.462 e. The molecule has 54 heavy (non-hydrogen) atoms. The molecule has 15 unspecified atom stereocenters. The lowest BCUT2D eigenvalue weighted by Crippen LogP contribution is -2.51. The first-order valence-electron chi connectivity index (χ1n) is 22.2. The second-order valence-electron chi connectivity index (χ2n) is 20.9. The van der Waals surface area contributed by atoms with Crippen molar-refractivity contribution < 1.29 is 28.7 Å². The number of hydrogen-bond acceptors (Lipinski definition) is 6. The summed E-state index contributed by atoms with van der Waals surface area (Å²) < 4.78 is 6.38. The molecule has 0 N–H and O–H groups in total. The molecule has 8 heteroatoms. The Morgan fingerprint density at radius 2 is 1.63 bits per heavy atom. The second kappa shape index (κ2) is 14.1. The van der Waals surface area contributed by atoms with Crippen molar-refractivity contribution in [3.05, 3.63) is 11.6 Å². The lowest BCUT2D eigenvalue weighted by atomic mass is 9.47. The van der Waals surface area contributed by atoms with E-state index in [9.17, 15) is 24.0 Å². The molecule has 8 nitrogen and oxygen atoms in total. The molecule has 0 aromatic heterocycles. The standard InChI is InChI=1S/C46H68N2O6/c1-25(2)9-8-10-27(4)36-13-14-37-32-12-11-29-22-31(15-17-45(29,5)38(32)16-18-46(36,37)6)54-44(53)28-19-26(3)20-30(21-28)48-42(51)35-23-34-33(40(35)43(48)52)24-39(49)47(7)41(34)50/h11,25-28,30-38,40H,8-10,12-24H2,1-7H3. The summed E-state index contributed by atoms with van der Waals surface area (Å²) in [5.74, 6) is 1.43. The first-order chi connectivity index (χ1) is 25.6. The van der Waals surface area contributed by atoms with Crippen molar-refractivity contribution in [2.45, 2.75) is 156 Å². The molecule has 4 amide bonds. The van der Waals surface area contributed by atoms with E-state index in [-0.39, 0.29) is 65.4 Å². The number of ether oxygens (including phenoxy) is 1. The number of likely N-dealkylation sites (tertiary alicyclic amines) is 2. The Labute approximate surface area is 324 Å². The van der Waals surface area contributed by atoms with E-state index in [0.717, 1.165) is 59.7 Å². The van der Waals surface area contributed by atoms with Gasteiger partial charge in [-0.3, -0.25) is 33.8 Å². The van der Waals surface area contributed by atoms with Gasteiger partial charge < -0.3 is 4.74 Å². The molecule has 2 saturated heterocycles. The normalized spacial score (nSPS) is 45.1. The third-order valence-electron chi connectivity index (χ3n) is 17.6. The lowest BCUT2D eigenvalue weighted by molar-refractivity contribution is -0.161. The number of piperidine rings is 1. The Balaban J connectivity index is 0.891. The van der Waals surface area contributed by atoms with E-state index < -0.39 is 23.7 Å². The van der Waals surface area contributed by atoms with Gasteiger partial charge in [0.25, 0.3) is 0 Å². The summed E-state index contributed by atoms with van der Waals surface area (Å²) in [5.41, 5.74) is 2.18. The highest BCUT2D eigenvalue weighted by molar-refractivity contribution is 6.08. The molecule has 0 aromatic carbocycles. The first kappa shape index (κ1) is 38.4. The predicted molar refractivity (Wildman–Crippen MR) is 206 cm³/mol. The average Bonchev–Trinajstić information content (AvgIpc) is 3.75. The fraction of sp³-hybridized carbons (Fsp3) is 0.848. The van der Waals surface area contributed by atoms with Crippen molar-refractivity contribution >= 4 is 29.6 Å². The van der Waals surface area contributed by atoms with Crippen LogP contribution in [0.25, 0.3) is 0 Å². The molecule has 6 aliphatic carbocycles. The third-order valence-corrected chi connectivity index (χ3v) is 17.6. The van der Waals surface area contributed by atoms with Gasteiger partial charge in [-0.05, 0) is 129 Å². The van der Waals surface area contributed by atoms with E-state index in [1.807, 2.05) is 0 Å². The van der Waals surface area contributed by atoms with Crippen molar-refractivity contribution in [2.75, 3.05) is 7.05 Å². The zero-order valence-electron chi connectivity index (χ0n) is 34.3. The number of imide groups is 2. The molecule has 0 bridgehead atoms. The van der Waals surface area contributed by atoms with Crippen molar-refractivity contribution in [1.29, 1.82) is 0 Å². The number of hydrogen-bond donors (Lipinski definition) is 0. The van der Waals surface area contributed by atoms with Crippen molar-refractivity contribution in [3.8, 4) is 0 Å². The van der Waals surface area contributed by atoms with Gasteiger partial charge in [-0.25, -0.2) is 0 Å². The van der Waals surface area contributed by atoms with Crippen LogP contribution < -0.4 is 0 Å². The van der Waals surface area contributed by atoms with E-state index in [1.54, 1.807) is 0 Å². The molecule has 7 fully saturated rings. The molecule has 0 radical (unpaired) electrons. The Kier molecular flexibility index (Phi) is 10.1. The minimum absolute atomic E-state index is 0.119. The van der Waals surface area contributed by atoms with Gasteiger partial charge in [0.15, 0.2) is 0 Å². The summed E-state index contributed by atoms with van der Waals surface area (Å²) in [5, 5.41) is 0. The molecule has 5 saturated carbocycles. The van der Waals surface area contributed by atoms with Crippen LogP contribution in [0.5, 0.6) is 0 Å². The van der Waals surface area contributed by atoms with E-state index in [4.69, 9.17) is 4.74 Å². The number of nitrogens with zero attached hydrogens (tertiary/aromatic N) is 2. The van der Waals surface area contributed by atoms with E-state index in [1.165, 1.54) is 68.9 Å². The van der Waals surface area contributed by atoms with Gasteiger partial charge in [-0.1, -0.05) is 72.5 Å². The molecule has 0 aromatic rings. The minimum Gasteiger partial charge on any atom is -0.462 e. The summed E-state index contributed by atoms with van der Waals surface area (Å²) in [6.45, 7) is 14.6. The van der Waals surface area contributed by atoms with Crippen molar-refractivity contribution in [3.63, 3.8) is 0 Å². The summed E-state index contributed by atoms with van der Waals surface area (Å²) in [7, 11) is 1.49. The highest BCUT2D eigenvalue weighted by Gasteiger charge is 2.63. The summed E-state index contributed by atoms with van der Waals surface area (Å²) in [4.78, 5) is 69.7. The molecule has 15 atom stereocenters. The molecule has 0 spiro atoms. The van der Waals surface area contributed by atoms with Crippen LogP contribution in [0.15, 0.2) is 11.6 Å². The SMILES string of the molecule is CC(C)CCCC(C)C1CCC2C3CC=C4CC(OC(=O)C5CC(C)CC(N6C(=O)C7CC8C(=O)N(C)C(=O)CC8C7C6=O)C5)CCC4(C)C3CCC12C. The molecular weight excluding hydrogens is 677 g/mol. The molecule has 2 aliphatic heterocycles. The van der Waals surface area contributed by atoms with Gasteiger partial charge in [0.2, 0.25) is 23.6 Å². The quantitative estimate of drug-likeness (QED) is 0.141. The topological polar surface area (TPSA) is 101 Å². The Bertz CT molecular complexity index is 1590. The van der Waals surface area contributed by atoms with Crippen LogP contribution in [-0.2, 0) is 28.7 Å². The fourth-order valence-electron chi connectivity index (χ4n) is 14.8. The van der Waals surface area contributed by atoms with Crippen molar-refractivity contribution in [1.82, 2.24) is 9.80 Å². The summed E-state index contributed by atoms with van der Waals surface area (Å²) in [6.07, 6.45) is 18.3. The fourth-order valence-corrected chi connectivity index (χ4v) is 14.8. The highest BCUT2D eigenvalue weighted by atomic mass is 16.5. The Hall–Kier alpha value is -2.51. The number of esters is 1. The van der Waals surface area contributed by atoms with Crippen LogP contribution in [0.1, 0.15) is 144 Å². The first-order valence-corrected chi connectivity index (χ1v) is 22.2. The zero-order chi connectivity index (χ0) is 38.4. The molecular formula is C46H68N2O6. The van der Waals surface area contributed by atoms with E-state index in [2.05, 4.69) is 47.6 Å². The molecule has 298 valence electrons. The number of carbonyl (C=O) groups is 5. The maximum absolute atomic E-state index is 13.9. The van der Waals surface area contributed by atoms with Crippen LogP contribution in [-0.4, -0.2) is 58.6 Å². The van der Waals surface area contributed by atoms with Crippen LogP contribution in [0, 0.1) is 81.8 Å². The maximum atomic E-state index is 13.9. The smallest absolute Gasteiger partial charge is 0.309 e.